The van der Waals surface area contributed by atoms with Gasteiger partial charge in [0.25, 0.3) is 0 Å². The van der Waals surface area contributed by atoms with Crippen molar-refractivity contribution in [3.05, 3.63) is 39.1 Å². The first-order chi connectivity index (χ1) is 7.78. The van der Waals surface area contributed by atoms with Gasteiger partial charge in [0.1, 0.15) is 5.82 Å². The van der Waals surface area contributed by atoms with Gasteiger partial charge in [-0.25, -0.2) is 4.98 Å². The van der Waals surface area contributed by atoms with Gasteiger partial charge >= 0.3 is 0 Å². The number of nitrogens with one attached hydrogen (secondary N) is 1. The van der Waals surface area contributed by atoms with Gasteiger partial charge in [-0.2, -0.15) is 0 Å². The monoisotopic (exact) mass is 314 g/mol. The number of rotatable bonds is 4. The van der Waals surface area contributed by atoms with Crippen LogP contribution >= 0.6 is 39.0 Å². The molecule has 2 heterocycles. The van der Waals surface area contributed by atoms with Crippen LogP contribution in [0.4, 0.5) is 5.82 Å². The molecule has 84 valence electrons. The van der Waals surface area contributed by atoms with Crippen LogP contribution < -0.4 is 5.32 Å². The molecule has 0 saturated carbocycles. The fraction of sp³-hybridized carbons (Fsp3) is 0.182. The molecule has 16 heavy (non-hydrogen) atoms. The van der Waals surface area contributed by atoms with E-state index in [9.17, 15) is 0 Å². The molecule has 0 radical (unpaired) electrons. The second-order valence-electron chi connectivity index (χ2n) is 3.14. The number of hydrogen-bond acceptors (Lipinski definition) is 4. The van der Waals surface area contributed by atoms with Crippen LogP contribution in [0.5, 0.6) is 0 Å². The van der Waals surface area contributed by atoms with Gasteiger partial charge in [-0.15, -0.1) is 23.1 Å². The smallest absolute Gasteiger partial charge is 0.126 e. The Morgan fingerprint density at radius 1 is 1.38 bits per heavy atom. The van der Waals surface area contributed by atoms with E-state index in [0.29, 0.717) is 0 Å². The van der Waals surface area contributed by atoms with Gasteiger partial charge in [0.15, 0.2) is 0 Å². The van der Waals surface area contributed by atoms with Crippen molar-refractivity contribution in [2.75, 3.05) is 11.6 Å². The molecule has 2 aromatic heterocycles. The van der Waals surface area contributed by atoms with Crippen molar-refractivity contribution in [3.8, 4) is 0 Å². The topological polar surface area (TPSA) is 24.9 Å². The highest BCUT2D eigenvalue weighted by molar-refractivity contribution is 9.11. The number of hydrogen-bond donors (Lipinski definition) is 1. The molecule has 2 aromatic rings. The zero-order chi connectivity index (χ0) is 11.4. The molecule has 0 aliphatic heterocycles. The summed E-state index contributed by atoms with van der Waals surface area (Å²) in [5.41, 5.74) is 0. The summed E-state index contributed by atoms with van der Waals surface area (Å²) in [4.78, 5) is 6.81. The van der Waals surface area contributed by atoms with Gasteiger partial charge in [-0.05, 0) is 46.5 Å². The van der Waals surface area contributed by atoms with E-state index in [1.165, 1.54) is 9.77 Å². The number of thioether (sulfide) groups is 1. The molecule has 0 fully saturated rings. The van der Waals surface area contributed by atoms with E-state index in [0.717, 1.165) is 16.1 Å². The Morgan fingerprint density at radius 3 is 2.81 bits per heavy atom. The second-order valence-corrected chi connectivity index (χ2v) is 6.57. The van der Waals surface area contributed by atoms with E-state index in [-0.39, 0.29) is 0 Å². The Morgan fingerprint density at radius 2 is 2.25 bits per heavy atom. The third-order valence-electron chi connectivity index (χ3n) is 2.04. The average Bonchev–Trinajstić information content (AvgIpc) is 2.73. The van der Waals surface area contributed by atoms with Gasteiger partial charge in [0, 0.05) is 16.0 Å². The lowest BCUT2D eigenvalue weighted by molar-refractivity contribution is 1.12. The molecule has 0 aromatic carbocycles. The third-order valence-corrected chi connectivity index (χ3v) is 4.38. The first-order valence-electron chi connectivity index (χ1n) is 4.76. The van der Waals surface area contributed by atoms with E-state index in [2.05, 4.69) is 44.4 Å². The maximum absolute atomic E-state index is 4.33. The molecule has 0 spiro atoms. The summed E-state index contributed by atoms with van der Waals surface area (Å²) in [5, 5.41) is 3.29. The molecule has 0 saturated heterocycles. The predicted molar refractivity (Wildman–Crippen MR) is 75.4 cm³/mol. The first kappa shape index (κ1) is 12.0. The summed E-state index contributed by atoms with van der Waals surface area (Å²) in [6, 6.07) is 8.25. The fourth-order valence-corrected chi connectivity index (χ4v) is 3.02. The molecule has 0 aliphatic carbocycles. The van der Waals surface area contributed by atoms with Crippen LogP contribution in [0, 0.1) is 0 Å². The molecular weight excluding hydrogens is 304 g/mol. The lowest BCUT2D eigenvalue weighted by atomic mass is 10.4. The van der Waals surface area contributed by atoms with Crippen LogP contribution in [0.3, 0.4) is 0 Å². The van der Waals surface area contributed by atoms with Crippen molar-refractivity contribution >= 4 is 44.8 Å². The number of nitrogens with zero attached hydrogens (tertiary/aromatic N) is 1. The predicted octanol–water partition coefficient (Wildman–Crippen LogP) is 4.24. The number of anilines is 1. The summed E-state index contributed by atoms with van der Waals surface area (Å²) in [7, 11) is 0. The molecule has 0 bridgehead atoms. The molecule has 1 N–H and O–H groups in total. The number of aromatic nitrogens is 1. The maximum Gasteiger partial charge on any atom is 0.126 e. The van der Waals surface area contributed by atoms with Gasteiger partial charge in [-0.3, -0.25) is 0 Å². The largest absolute Gasteiger partial charge is 0.365 e. The highest BCUT2D eigenvalue weighted by Gasteiger charge is 1.98. The quantitative estimate of drug-likeness (QED) is 0.854. The highest BCUT2D eigenvalue weighted by atomic mass is 79.9. The van der Waals surface area contributed by atoms with Crippen LogP contribution in [0.15, 0.2) is 39.1 Å². The van der Waals surface area contributed by atoms with Gasteiger partial charge < -0.3 is 5.32 Å². The van der Waals surface area contributed by atoms with E-state index in [4.69, 9.17) is 0 Å². The maximum atomic E-state index is 4.33. The molecule has 2 rings (SSSR count). The Hall–Kier alpha value is -0.520. The van der Waals surface area contributed by atoms with Crippen LogP contribution in [0.2, 0.25) is 0 Å². The average molecular weight is 315 g/mol. The summed E-state index contributed by atoms with van der Waals surface area (Å²) in [6.07, 6.45) is 3.94. The van der Waals surface area contributed by atoms with Gasteiger partial charge in [0.05, 0.1) is 10.3 Å². The van der Waals surface area contributed by atoms with Crippen molar-refractivity contribution in [2.24, 2.45) is 0 Å². The normalized spacial score (nSPS) is 10.4. The van der Waals surface area contributed by atoms with E-state index in [1.54, 1.807) is 23.1 Å². The molecule has 0 amide bonds. The Labute approximate surface area is 112 Å². The minimum absolute atomic E-state index is 0.821. The Bertz CT molecular complexity index is 453. The Kier molecular flexibility index (Phi) is 4.26. The second kappa shape index (κ2) is 5.70. The van der Waals surface area contributed by atoms with Crippen molar-refractivity contribution in [2.45, 2.75) is 11.4 Å². The number of thiophene rings is 1. The highest BCUT2D eigenvalue weighted by Crippen LogP contribution is 2.23. The van der Waals surface area contributed by atoms with Crippen LogP contribution in [-0.2, 0) is 6.54 Å². The van der Waals surface area contributed by atoms with Gasteiger partial charge in [-0.1, -0.05) is 0 Å². The first-order valence-corrected chi connectivity index (χ1v) is 7.59. The van der Waals surface area contributed by atoms with Crippen molar-refractivity contribution in [3.63, 3.8) is 0 Å². The minimum Gasteiger partial charge on any atom is -0.365 e. The molecule has 0 atom stereocenters. The lowest BCUT2D eigenvalue weighted by Crippen LogP contribution is -1.99. The fourth-order valence-electron chi connectivity index (χ4n) is 1.23. The summed E-state index contributed by atoms with van der Waals surface area (Å²) in [5.74, 6) is 0.919. The van der Waals surface area contributed by atoms with Crippen molar-refractivity contribution < 1.29 is 0 Å². The van der Waals surface area contributed by atoms with Gasteiger partial charge in [0.2, 0.25) is 0 Å². The van der Waals surface area contributed by atoms with Crippen LogP contribution in [0.1, 0.15) is 4.88 Å². The van der Waals surface area contributed by atoms with E-state index in [1.807, 2.05) is 18.5 Å². The summed E-state index contributed by atoms with van der Waals surface area (Å²) >= 11 is 6.89. The minimum atomic E-state index is 0.821. The molecule has 5 heteroatoms. The standard InChI is InChI=1S/C11H11BrN2S2/c1-15-8-3-5-11(13-6-8)14-7-9-2-4-10(12)16-9/h2-6H,7H2,1H3,(H,13,14). The van der Waals surface area contributed by atoms with E-state index >= 15 is 0 Å². The Balaban J connectivity index is 1.94. The number of pyridine rings is 1. The van der Waals surface area contributed by atoms with Crippen molar-refractivity contribution in [1.82, 2.24) is 4.98 Å². The van der Waals surface area contributed by atoms with Crippen molar-refractivity contribution in [1.29, 1.82) is 0 Å². The zero-order valence-corrected chi connectivity index (χ0v) is 12.0. The molecular formula is C11H11BrN2S2. The third kappa shape index (κ3) is 3.23. The summed E-state index contributed by atoms with van der Waals surface area (Å²) < 4.78 is 1.16. The summed E-state index contributed by atoms with van der Waals surface area (Å²) in [6.45, 7) is 0.821. The lowest BCUT2D eigenvalue weighted by Gasteiger charge is -2.04. The molecule has 0 unspecified atom stereocenters. The number of halogens is 1. The van der Waals surface area contributed by atoms with E-state index < -0.39 is 0 Å². The van der Waals surface area contributed by atoms with Crippen LogP contribution in [-0.4, -0.2) is 11.2 Å². The molecule has 2 nitrogen and oxygen atoms in total. The van der Waals surface area contributed by atoms with Crippen LogP contribution in [0.25, 0.3) is 0 Å². The SMILES string of the molecule is CSc1ccc(NCc2ccc(Br)s2)nc1. The molecule has 0 aliphatic rings. The zero-order valence-electron chi connectivity index (χ0n) is 8.74.